The largest absolute Gasteiger partial charge is 0.455 e. The third kappa shape index (κ3) is 7.23. The molecule has 4 rings (SSSR count). The van der Waals surface area contributed by atoms with Crippen molar-refractivity contribution in [1.29, 1.82) is 0 Å². The first-order valence-electron chi connectivity index (χ1n) is 16.8. The highest BCUT2D eigenvalue weighted by atomic mass is 16.6. The summed E-state index contributed by atoms with van der Waals surface area (Å²) in [5, 5.41) is 12.2. The Bertz CT molecular complexity index is 1250. The van der Waals surface area contributed by atoms with Crippen molar-refractivity contribution in [2.24, 2.45) is 11.8 Å². The maximum Gasteiger partial charge on any atom is 0.313 e. The van der Waals surface area contributed by atoms with Gasteiger partial charge >= 0.3 is 5.97 Å². The van der Waals surface area contributed by atoms with E-state index < -0.39 is 47.7 Å². The third-order valence-electron chi connectivity index (χ3n) is 9.64. The van der Waals surface area contributed by atoms with E-state index >= 15 is 0 Å². The normalized spacial score (nSPS) is 26.0. The van der Waals surface area contributed by atoms with Crippen molar-refractivity contribution >= 4 is 23.7 Å². The van der Waals surface area contributed by atoms with Gasteiger partial charge in [0, 0.05) is 32.2 Å². The number of aliphatic hydroxyl groups is 1. The average Bonchev–Trinajstić information content (AvgIpc) is 3.68. The Morgan fingerprint density at radius 1 is 1.13 bits per heavy atom. The van der Waals surface area contributed by atoms with E-state index in [9.17, 15) is 24.3 Å². The van der Waals surface area contributed by atoms with Gasteiger partial charge in [-0.1, -0.05) is 55.3 Å². The number of unbranched alkanes of at least 4 members (excludes halogenated alkanes) is 3. The number of nitrogens with one attached hydrogen (secondary N) is 1. The molecule has 10 heteroatoms. The molecule has 2 N–H and O–H groups in total. The van der Waals surface area contributed by atoms with E-state index in [1.807, 2.05) is 44.2 Å². The lowest BCUT2D eigenvalue weighted by atomic mass is 9.70. The Hall–Kier alpha value is -3.50. The molecule has 1 spiro atoms. The van der Waals surface area contributed by atoms with Crippen LogP contribution in [-0.4, -0.2) is 88.1 Å². The molecule has 0 aliphatic carbocycles. The second-order valence-electron chi connectivity index (χ2n) is 13.1. The number of fused-ring (bicyclic) bond motifs is 1. The lowest BCUT2D eigenvalue weighted by molar-refractivity contribution is -0.162. The van der Waals surface area contributed by atoms with Gasteiger partial charge in [0.2, 0.25) is 17.7 Å². The number of likely N-dealkylation sites (tertiary alicyclic amines) is 1. The van der Waals surface area contributed by atoms with Crippen molar-refractivity contribution in [1.82, 2.24) is 15.1 Å². The zero-order valence-electron chi connectivity index (χ0n) is 27.6. The standard InChI is InChI=1S/C36H51N3O7/c1-6-8-18-28(41)37-25(5)31(26-16-12-11-13-17-26)45-35(44)29-27-19-20-36(46-27)30(29)33(42)39(22-14-9-10-15-23-40)32(36)34(43)38(21-7-2)24(3)4/h6-7,11-13,16-17,24-25,27,29-32,40H,1-2,8-10,14-15,18-23H2,3-5H3,(H,37,41)/t25-,27+,29-,30-,31-,32+,36-/m1/s1. The van der Waals surface area contributed by atoms with Gasteiger partial charge in [-0.3, -0.25) is 19.2 Å². The molecule has 3 aliphatic rings. The van der Waals surface area contributed by atoms with Gasteiger partial charge in [0.25, 0.3) is 0 Å². The number of carbonyl (C=O) groups is 4. The summed E-state index contributed by atoms with van der Waals surface area (Å²) in [6, 6.07) is 7.71. The number of allylic oxidation sites excluding steroid dienone is 1. The van der Waals surface area contributed by atoms with Gasteiger partial charge < -0.3 is 29.7 Å². The highest BCUT2D eigenvalue weighted by Gasteiger charge is 2.75. The highest BCUT2D eigenvalue weighted by Crippen LogP contribution is 2.59. The smallest absolute Gasteiger partial charge is 0.313 e. The van der Waals surface area contributed by atoms with Crippen molar-refractivity contribution in [3.05, 3.63) is 61.2 Å². The van der Waals surface area contributed by atoms with Crippen LogP contribution >= 0.6 is 0 Å². The molecule has 0 radical (unpaired) electrons. The number of hydrogen-bond acceptors (Lipinski definition) is 7. The monoisotopic (exact) mass is 637 g/mol. The van der Waals surface area contributed by atoms with Crippen LogP contribution in [0.4, 0.5) is 0 Å². The van der Waals surface area contributed by atoms with Crippen LogP contribution in [0.2, 0.25) is 0 Å². The van der Waals surface area contributed by atoms with Gasteiger partial charge in [-0.25, -0.2) is 0 Å². The molecule has 3 amide bonds. The van der Waals surface area contributed by atoms with Gasteiger partial charge in [0.05, 0.1) is 24.0 Å². The van der Waals surface area contributed by atoms with Crippen LogP contribution in [0.1, 0.15) is 83.8 Å². The zero-order chi connectivity index (χ0) is 33.4. The van der Waals surface area contributed by atoms with Gasteiger partial charge in [-0.05, 0) is 58.4 Å². The van der Waals surface area contributed by atoms with E-state index in [1.54, 1.807) is 28.9 Å². The Morgan fingerprint density at radius 3 is 2.50 bits per heavy atom. The summed E-state index contributed by atoms with van der Waals surface area (Å²) in [7, 11) is 0. The molecule has 7 atom stereocenters. The van der Waals surface area contributed by atoms with Crippen LogP contribution in [0.5, 0.6) is 0 Å². The van der Waals surface area contributed by atoms with Crippen LogP contribution in [0.25, 0.3) is 0 Å². The number of rotatable bonds is 18. The fraction of sp³-hybridized carbons (Fsp3) is 0.611. The number of ether oxygens (including phenoxy) is 2. The molecule has 3 fully saturated rings. The molecular weight excluding hydrogens is 586 g/mol. The zero-order valence-corrected chi connectivity index (χ0v) is 27.6. The molecule has 252 valence electrons. The molecule has 1 aromatic rings. The first-order valence-corrected chi connectivity index (χ1v) is 16.8. The summed E-state index contributed by atoms with van der Waals surface area (Å²) in [4.78, 5) is 58.8. The summed E-state index contributed by atoms with van der Waals surface area (Å²) in [5.74, 6) is -2.92. The number of benzene rings is 1. The lowest BCUT2D eigenvalue weighted by Crippen LogP contribution is -2.57. The van der Waals surface area contributed by atoms with E-state index in [0.717, 1.165) is 18.4 Å². The van der Waals surface area contributed by atoms with Crippen molar-refractivity contribution in [3.8, 4) is 0 Å². The maximum absolute atomic E-state index is 14.3. The predicted molar refractivity (Wildman–Crippen MR) is 174 cm³/mol. The molecule has 46 heavy (non-hydrogen) atoms. The maximum atomic E-state index is 14.3. The molecule has 0 saturated carbocycles. The number of carbonyl (C=O) groups excluding carboxylic acids is 4. The first-order chi connectivity index (χ1) is 22.1. The lowest BCUT2D eigenvalue weighted by Gasteiger charge is -2.38. The molecule has 10 nitrogen and oxygen atoms in total. The van der Waals surface area contributed by atoms with E-state index in [4.69, 9.17) is 9.47 Å². The molecule has 1 aromatic carbocycles. The minimum Gasteiger partial charge on any atom is -0.455 e. The minimum atomic E-state index is -1.13. The number of hydrogen-bond donors (Lipinski definition) is 2. The minimum absolute atomic E-state index is 0.111. The first kappa shape index (κ1) is 35.4. The number of nitrogens with zero attached hydrogens (tertiary/aromatic N) is 2. The van der Waals surface area contributed by atoms with E-state index in [1.165, 1.54) is 0 Å². The van der Waals surface area contributed by atoms with Crippen LogP contribution in [0.15, 0.2) is 55.6 Å². The van der Waals surface area contributed by atoms with Crippen molar-refractivity contribution < 1.29 is 33.8 Å². The van der Waals surface area contributed by atoms with Crippen LogP contribution in [0, 0.1) is 11.8 Å². The molecule has 3 aliphatic heterocycles. The summed E-state index contributed by atoms with van der Waals surface area (Å²) in [5.41, 5.74) is -0.409. The second-order valence-corrected chi connectivity index (χ2v) is 13.1. The van der Waals surface area contributed by atoms with E-state index in [2.05, 4.69) is 18.5 Å². The molecule has 0 unspecified atom stereocenters. The van der Waals surface area contributed by atoms with Crippen LogP contribution in [-0.2, 0) is 28.7 Å². The van der Waals surface area contributed by atoms with Crippen LogP contribution in [0.3, 0.4) is 0 Å². The van der Waals surface area contributed by atoms with Gasteiger partial charge in [0.1, 0.15) is 17.7 Å². The summed E-state index contributed by atoms with van der Waals surface area (Å²) >= 11 is 0. The molecule has 3 heterocycles. The quantitative estimate of drug-likeness (QED) is 0.141. The van der Waals surface area contributed by atoms with Crippen molar-refractivity contribution in [2.75, 3.05) is 19.7 Å². The topological polar surface area (TPSA) is 125 Å². The SMILES string of the molecule is C=CCCC(=O)N[C@H](C)[C@@H](OC(=O)[C@@H]1[C@@H]2CC[C@]3(O2)[C@H](C(=O)N(CC=C)C(C)C)N(CCCCCCO)C(=O)[C@@H]13)c1ccccc1. The molecule has 2 bridgehead atoms. The number of amides is 3. The number of esters is 1. The summed E-state index contributed by atoms with van der Waals surface area (Å²) < 4.78 is 12.8. The number of aliphatic hydroxyl groups excluding tert-OH is 1. The summed E-state index contributed by atoms with van der Waals surface area (Å²) in [6.45, 7) is 14.0. The average molecular weight is 638 g/mol. The van der Waals surface area contributed by atoms with Crippen LogP contribution < -0.4 is 5.32 Å². The van der Waals surface area contributed by atoms with Crippen molar-refractivity contribution in [3.63, 3.8) is 0 Å². The molecular formula is C36H51N3O7. The van der Waals surface area contributed by atoms with Gasteiger partial charge in [0.15, 0.2) is 0 Å². The highest BCUT2D eigenvalue weighted by molar-refractivity contribution is 5.98. The summed E-state index contributed by atoms with van der Waals surface area (Å²) in [6.07, 6.45) is 6.79. The van der Waals surface area contributed by atoms with Gasteiger partial charge in [-0.2, -0.15) is 0 Å². The Kier molecular flexibility index (Phi) is 12.2. The Morgan fingerprint density at radius 2 is 1.85 bits per heavy atom. The van der Waals surface area contributed by atoms with Crippen molar-refractivity contribution in [2.45, 2.75) is 108 Å². The Balaban J connectivity index is 1.63. The fourth-order valence-electron chi connectivity index (χ4n) is 7.48. The fourth-order valence-corrected chi connectivity index (χ4v) is 7.48. The molecule has 3 saturated heterocycles. The Labute approximate surface area is 273 Å². The van der Waals surface area contributed by atoms with E-state index in [-0.39, 0.29) is 36.8 Å². The second kappa shape index (κ2) is 15.9. The third-order valence-corrected chi connectivity index (χ3v) is 9.64. The van der Waals surface area contributed by atoms with Gasteiger partial charge in [-0.15, -0.1) is 13.2 Å². The van der Waals surface area contributed by atoms with E-state index in [0.29, 0.717) is 45.2 Å². The molecule has 0 aromatic heterocycles. The predicted octanol–water partition coefficient (Wildman–Crippen LogP) is 4.09.